The summed E-state index contributed by atoms with van der Waals surface area (Å²) >= 11 is 1.47. The molecule has 0 spiro atoms. The lowest BCUT2D eigenvalue weighted by Gasteiger charge is -2.08. The summed E-state index contributed by atoms with van der Waals surface area (Å²) in [6.45, 7) is 2.26. The van der Waals surface area contributed by atoms with E-state index in [1.165, 1.54) is 23.5 Å². The first-order chi connectivity index (χ1) is 8.58. The van der Waals surface area contributed by atoms with Gasteiger partial charge in [0.15, 0.2) is 0 Å². The molecule has 4 nitrogen and oxygen atoms in total. The van der Waals surface area contributed by atoms with E-state index in [0.717, 1.165) is 16.8 Å². The van der Waals surface area contributed by atoms with Crippen LogP contribution in [0.15, 0.2) is 23.6 Å². The van der Waals surface area contributed by atoms with Gasteiger partial charge in [-0.1, -0.05) is 6.07 Å². The minimum Gasteiger partial charge on any atom is -0.478 e. The minimum atomic E-state index is -1.29. The van der Waals surface area contributed by atoms with Crippen LogP contribution >= 0.6 is 11.3 Å². The molecule has 0 aliphatic heterocycles. The van der Waals surface area contributed by atoms with E-state index in [1.807, 2.05) is 12.3 Å². The molecule has 6 heteroatoms. The summed E-state index contributed by atoms with van der Waals surface area (Å²) in [6, 6.07) is 4.13. The number of aromatic nitrogens is 1. The molecule has 0 aliphatic carbocycles. The zero-order chi connectivity index (χ0) is 13.1. The molecule has 0 radical (unpaired) electrons. The number of carbonyl (C=O) groups is 1. The maximum Gasteiger partial charge on any atom is 0.340 e. The van der Waals surface area contributed by atoms with Crippen molar-refractivity contribution in [2.45, 2.75) is 13.5 Å². The number of thiazole rings is 1. The standard InChI is InChI=1S/C12H11FN2O2S/c1-7-6-18-10(15-7)5-14-9-4-2-3-8(13)11(9)12(16)17/h2-4,6,14H,5H2,1H3,(H,16,17). The highest BCUT2D eigenvalue weighted by molar-refractivity contribution is 7.09. The first-order valence-electron chi connectivity index (χ1n) is 5.24. The molecule has 0 aliphatic rings. The summed E-state index contributed by atoms with van der Waals surface area (Å²) in [5.74, 6) is -2.03. The van der Waals surface area contributed by atoms with Crippen molar-refractivity contribution >= 4 is 23.0 Å². The van der Waals surface area contributed by atoms with E-state index in [1.54, 1.807) is 0 Å². The first kappa shape index (κ1) is 12.5. The summed E-state index contributed by atoms with van der Waals surface area (Å²) in [6.07, 6.45) is 0. The Kier molecular flexibility index (Phi) is 3.57. The van der Waals surface area contributed by atoms with Crippen molar-refractivity contribution in [1.82, 2.24) is 4.98 Å². The number of benzene rings is 1. The third kappa shape index (κ3) is 2.65. The van der Waals surface area contributed by atoms with Gasteiger partial charge in [-0.15, -0.1) is 11.3 Å². The van der Waals surface area contributed by atoms with Gasteiger partial charge in [0.1, 0.15) is 16.4 Å². The molecule has 94 valence electrons. The zero-order valence-corrected chi connectivity index (χ0v) is 10.4. The van der Waals surface area contributed by atoms with Gasteiger partial charge < -0.3 is 10.4 Å². The van der Waals surface area contributed by atoms with Crippen LogP contribution in [0.2, 0.25) is 0 Å². The van der Waals surface area contributed by atoms with Gasteiger partial charge in [0, 0.05) is 11.1 Å². The molecule has 2 rings (SSSR count). The van der Waals surface area contributed by atoms with Crippen LogP contribution in [-0.2, 0) is 6.54 Å². The van der Waals surface area contributed by atoms with Crippen molar-refractivity contribution in [3.63, 3.8) is 0 Å². The Bertz CT molecular complexity index is 583. The molecule has 1 aromatic carbocycles. The molecule has 0 fully saturated rings. The quantitative estimate of drug-likeness (QED) is 0.893. The molecule has 1 heterocycles. The lowest BCUT2D eigenvalue weighted by Crippen LogP contribution is -2.08. The van der Waals surface area contributed by atoms with Crippen LogP contribution in [0.5, 0.6) is 0 Å². The summed E-state index contributed by atoms with van der Waals surface area (Å²) in [4.78, 5) is 15.2. The van der Waals surface area contributed by atoms with Gasteiger partial charge in [0.25, 0.3) is 0 Å². The van der Waals surface area contributed by atoms with E-state index >= 15 is 0 Å². The maximum atomic E-state index is 13.4. The second kappa shape index (κ2) is 5.14. The zero-order valence-electron chi connectivity index (χ0n) is 9.61. The number of rotatable bonds is 4. The molecule has 1 aromatic heterocycles. The SMILES string of the molecule is Cc1csc(CNc2cccc(F)c2C(=O)O)n1. The number of nitrogens with zero attached hydrogens (tertiary/aromatic N) is 1. The predicted octanol–water partition coefficient (Wildman–Crippen LogP) is 2.90. The Labute approximate surface area is 107 Å². The Morgan fingerprint density at radius 3 is 2.94 bits per heavy atom. The highest BCUT2D eigenvalue weighted by Gasteiger charge is 2.15. The van der Waals surface area contributed by atoms with E-state index in [0.29, 0.717) is 6.54 Å². The lowest BCUT2D eigenvalue weighted by molar-refractivity contribution is 0.0693. The number of aryl methyl sites for hydroxylation is 1. The number of hydrogen-bond acceptors (Lipinski definition) is 4. The van der Waals surface area contributed by atoms with Crippen LogP contribution < -0.4 is 5.32 Å². The van der Waals surface area contributed by atoms with Crippen molar-refractivity contribution in [3.05, 3.63) is 45.7 Å². The van der Waals surface area contributed by atoms with Gasteiger partial charge in [-0.25, -0.2) is 14.2 Å². The van der Waals surface area contributed by atoms with Gasteiger partial charge in [-0.3, -0.25) is 0 Å². The second-order valence-corrected chi connectivity index (χ2v) is 4.65. The van der Waals surface area contributed by atoms with Crippen LogP contribution in [0.3, 0.4) is 0 Å². The van der Waals surface area contributed by atoms with Crippen LogP contribution in [0, 0.1) is 12.7 Å². The molecule has 0 atom stereocenters. The molecule has 0 saturated heterocycles. The van der Waals surface area contributed by atoms with Crippen LogP contribution in [0.1, 0.15) is 21.1 Å². The lowest BCUT2D eigenvalue weighted by atomic mass is 10.1. The molecule has 18 heavy (non-hydrogen) atoms. The first-order valence-corrected chi connectivity index (χ1v) is 6.12. The van der Waals surface area contributed by atoms with Crippen molar-refractivity contribution in [1.29, 1.82) is 0 Å². The summed E-state index contributed by atoms with van der Waals surface area (Å²) in [7, 11) is 0. The highest BCUT2D eigenvalue weighted by Crippen LogP contribution is 2.20. The fraction of sp³-hybridized carbons (Fsp3) is 0.167. The number of halogens is 1. The van der Waals surface area contributed by atoms with Crippen LogP contribution in [0.25, 0.3) is 0 Å². The maximum absolute atomic E-state index is 13.4. The number of aromatic carboxylic acids is 1. The Morgan fingerprint density at radius 2 is 2.33 bits per heavy atom. The summed E-state index contributed by atoms with van der Waals surface area (Å²) in [5, 5.41) is 14.6. The highest BCUT2D eigenvalue weighted by atomic mass is 32.1. The molecule has 2 aromatic rings. The molecule has 0 bridgehead atoms. The summed E-state index contributed by atoms with van der Waals surface area (Å²) in [5.41, 5.74) is 0.829. The fourth-order valence-electron chi connectivity index (χ4n) is 1.54. The van der Waals surface area contributed by atoms with Crippen LogP contribution in [-0.4, -0.2) is 16.1 Å². The van der Waals surface area contributed by atoms with Crippen molar-refractivity contribution in [2.24, 2.45) is 0 Å². The number of carboxylic acid groups (broad SMARTS) is 1. The Morgan fingerprint density at radius 1 is 1.56 bits per heavy atom. The molecule has 0 unspecified atom stereocenters. The molecular weight excluding hydrogens is 255 g/mol. The smallest absolute Gasteiger partial charge is 0.340 e. The summed E-state index contributed by atoms with van der Waals surface area (Å²) < 4.78 is 13.4. The van der Waals surface area contributed by atoms with Gasteiger partial charge in [-0.05, 0) is 19.1 Å². The second-order valence-electron chi connectivity index (χ2n) is 3.70. The number of nitrogens with one attached hydrogen (secondary N) is 1. The largest absolute Gasteiger partial charge is 0.478 e. The predicted molar refractivity (Wildman–Crippen MR) is 67.5 cm³/mol. The third-order valence-electron chi connectivity index (χ3n) is 2.32. The number of anilines is 1. The van der Waals surface area contributed by atoms with Gasteiger partial charge in [0.2, 0.25) is 0 Å². The van der Waals surface area contributed by atoms with E-state index in [-0.39, 0.29) is 11.3 Å². The van der Waals surface area contributed by atoms with Gasteiger partial charge >= 0.3 is 5.97 Å². The monoisotopic (exact) mass is 266 g/mol. The molecular formula is C12H11FN2O2S. The normalized spacial score (nSPS) is 10.3. The number of hydrogen-bond donors (Lipinski definition) is 2. The third-order valence-corrected chi connectivity index (χ3v) is 3.29. The van der Waals surface area contributed by atoms with E-state index in [2.05, 4.69) is 10.3 Å². The average molecular weight is 266 g/mol. The Balaban J connectivity index is 2.19. The Hall–Kier alpha value is -1.95. The average Bonchev–Trinajstić information content (AvgIpc) is 2.72. The van der Waals surface area contributed by atoms with E-state index < -0.39 is 11.8 Å². The molecule has 0 saturated carbocycles. The van der Waals surface area contributed by atoms with E-state index in [9.17, 15) is 9.18 Å². The fourth-order valence-corrected chi connectivity index (χ4v) is 2.26. The van der Waals surface area contributed by atoms with Crippen LogP contribution in [0.4, 0.5) is 10.1 Å². The van der Waals surface area contributed by atoms with E-state index in [4.69, 9.17) is 5.11 Å². The minimum absolute atomic E-state index is 0.260. The topological polar surface area (TPSA) is 62.2 Å². The molecule has 2 N–H and O–H groups in total. The van der Waals surface area contributed by atoms with Gasteiger partial charge in [0.05, 0.1) is 12.2 Å². The van der Waals surface area contributed by atoms with Crippen molar-refractivity contribution in [3.8, 4) is 0 Å². The van der Waals surface area contributed by atoms with Gasteiger partial charge in [-0.2, -0.15) is 0 Å². The van der Waals surface area contributed by atoms with Crippen molar-refractivity contribution < 1.29 is 14.3 Å². The molecule has 0 amide bonds. The van der Waals surface area contributed by atoms with Crippen molar-refractivity contribution in [2.75, 3.05) is 5.32 Å². The number of carboxylic acids is 1.